The number of hydrogen-bond donors (Lipinski definition) is 1. The molecule has 1 aromatic carbocycles. The first-order valence-corrected chi connectivity index (χ1v) is 8.13. The van der Waals surface area contributed by atoms with Gasteiger partial charge in [0, 0.05) is 16.5 Å². The lowest BCUT2D eigenvalue weighted by atomic mass is 10.1. The van der Waals surface area contributed by atoms with Gasteiger partial charge in [0.1, 0.15) is 11.1 Å². The number of nitrogens with zero attached hydrogens (tertiary/aromatic N) is 2. The van der Waals surface area contributed by atoms with Gasteiger partial charge in [0.05, 0.1) is 17.3 Å². The van der Waals surface area contributed by atoms with Gasteiger partial charge in [-0.15, -0.1) is 23.1 Å². The molecule has 1 heterocycles. The summed E-state index contributed by atoms with van der Waals surface area (Å²) >= 11 is 3.23. The first kappa shape index (κ1) is 13.9. The zero-order valence-corrected chi connectivity index (χ0v) is 12.5. The van der Waals surface area contributed by atoms with Crippen LogP contribution in [0.25, 0.3) is 0 Å². The Morgan fingerprint density at radius 3 is 2.95 bits per heavy atom. The standard InChI is InChI=1S/C14H15N3S2/c1-3-11(14-16-7-8-19-14)17-12-5-4-6-13(18-2)10(12)9-15/h4-8,11,17H,3H2,1-2H3. The molecule has 2 aromatic rings. The van der Waals surface area contributed by atoms with E-state index in [9.17, 15) is 5.26 Å². The van der Waals surface area contributed by atoms with E-state index in [-0.39, 0.29) is 6.04 Å². The van der Waals surface area contributed by atoms with Crippen LogP contribution >= 0.6 is 23.1 Å². The maximum atomic E-state index is 9.33. The molecule has 3 nitrogen and oxygen atoms in total. The third-order valence-corrected chi connectivity index (χ3v) is 4.51. The number of hydrogen-bond acceptors (Lipinski definition) is 5. The second-order valence-corrected chi connectivity index (χ2v) is 5.74. The third-order valence-electron chi connectivity index (χ3n) is 2.85. The molecule has 1 atom stereocenters. The molecule has 1 aromatic heterocycles. The summed E-state index contributed by atoms with van der Waals surface area (Å²) in [6, 6.07) is 8.35. The van der Waals surface area contributed by atoms with Crippen molar-refractivity contribution in [1.29, 1.82) is 5.26 Å². The van der Waals surface area contributed by atoms with Crippen LogP contribution in [0.2, 0.25) is 0 Å². The van der Waals surface area contributed by atoms with E-state index in [4.69, 9.17) is 0 Å². The number of thioether (sulfide) groups is 1. The summed E-state index contributed by atoms with van der Waals surface area (Å²) in [4.78, 5) is 5.35. The lowest BCUT2D eigenvalue weighted by Gasteiger charge is -2.17. The van der Waals surface area contributed by atoms with Crippen LogP contribution in [0.1, 0.15) is 30.0 Å². The molecule has 0 aliphatic heterocycles. The Morgan fingerprint density at radius 2 is 2.37 bits per heavy atom. The van der Waals surface area contributed by atoms with Gasteiger partial charge in [-0.3, -0.25) is 0 Å². The summed E-state index contributed by atoms with van der Waals surface area (Å²) in [6.45, 7) is 2.11. The van der Waals surface area contributed by atoms with Crippen LogP contribution < -0.4 is 5.32 Å². The van der Waals surface area contributed by atoms with E-state index in [0.717, 1.165) is 22.0 Å². The van der Waals surface area contributed by atoms with E-state index in [1.807, 2.05) is 36.0 Å². The number of aromatic nitrogens is 1. The summed E-state index contributed by atoms with van der Waals surface area (Å²) < 4.78 is 0. The second-order valence-electron chi connectivity index (χ2n) is 3.97. The smallest absolute Gasteiger partial charge is 0.115 e. The predicted octanol–water partition coefficient (Wildman–Crippen LogP) is 4.30. The molecule has 0 radical (unpaired) electrons. The highest BCUT2D eigenvalue weighted by molar-refractivity contribution is 7.98. The van der Waals surface area contributed by atoms with Crippen LogP contribution in [-0.4, -0.2) is 11.2 Å². The normalized spacial score (nSPS) is 11.8. The SMILES string of the molecule is CCC(Nc1cccc(SC)c1C#N)c1nccs1. The van der Waals surface area contributed by atoms with E-state index in [1.165, 1.54) is 0 Å². The molecule has 1 unspecified atom stereocenters. The Bertz CT molecular complexity index is 573. The zero-order valence-electron chi connectivity index (χ0n) is 10.9. The number of anilines is 1. The van der Waals surface area contributed by atoms with Gasteiger partial charge in [0.2, 0.25) is 0 Å². The second kappa shape index (κ2) is 6.60. The fourth-order valence-corrected chi connectivity index (χ4v) is 3.22. The van der Waals surface area contributed by atoms with Gasteiger partial charge in [-0.1, -0.05) is 13.0 Å². The average Bonchev–Trinajstić information content (AvgIpc) is 2.98. The summed E-state index contributed by atoms with van der Waals surface area (Å²) in [5.74, 6) is 0. The summed E-state index contributed by atoms with van der Waals surface area (Å²) in [7, 11) is 0. The van der Waals surface area contributed by atoms with Crippen molar-refractivity contribution in [3.8, 4) is 6.07 Å². The largest absolute Gasteiger partial charge is 0.375 e. The van der Waals surface area contributed by atoms with Gasteiger partial charge in [0.25, 0.3) is 0 Å². The fourth-order valence-electron chi connectivity index (χ4n) is 1.87. The minimum Gasteiger partial charge on any atom is -0.375 e. The number of nitriles is 1. The Labute approximate surface area is 121 Å². The molecule has 19 heavy (non-hydrogen) atoms. The molecule has 1 N–H and O–H groups in total. The summed E-state index contributed by atoms with van der Waals surface area (Å²) in [5, 5.41) is 15.8. The maximum absolute atomic E-state index is 9.33. The first-order chi connectivity index (χ1) is 9.30. The molecule has 0 aliphatic carbocycles. The van der Waals surface area contributed by atoms with E-state index in [1.54, 1.807) is 23.1 Å². The highest BCUT2D eigenvalue weighted by atomic mass is 32.2. The Hall–Kier alpha value is -1.51. The van der Waals surface area contributed by atoms with Crippen LogP contribution in [0, 0.1) is 11.3 Å². The molecule has 5 heteroatoms. The quantitative estimate of drug-likeness (QED) is 0.834. The third kappa shape index (κ3) is 3.09. The van der Waals surface area contributed by atoms with Crippen molar-refractivity contribution in [1.82, 2.24) is 4.98 Å². The van der Waals surface area contributed by atoms with Crippen molar-refractivity contribution in [2.24, 2.45) is 0 Å². The van der Waals surface area contributed by atoms with E-state index < -0.39 is 0 Å². The minimum atomic E-state index is 0.157. The van der Waals surface area contributed by atoms with Gasteiger partial charge < -0.3 is 5.32 Å². The van der Waals surface area contributed by atoms with Crippen molar-refractivity contribution in [2.75, 3.05) is 11.6 Å². The summed E-state index contributed by atoms with van der Waals surface area (Å²) in [5.41, 5.74) is 1.60. The topological polar surface area (TPSA) is 48.7 Å². The Morgan fingerprint density at radius 1 is 1.53 bits per heavy atom. The molecule has 0 fully saturated rings. The number of thiazole rings is 1. The zero-order chi connectivity index (χ0) is 13.7. The minimum absolute atomic E-state index is 0.157. The Balaban J connectivity index is 2.30. The molecular weight excluding hydrogens is 274 g/mol. The maximum Gasteiger partial charge on any atom is 0.115 e. The van der Waals surface area contributed by atoms with Gasteiger partial charge in [0.15, 0.2) is 0 Å². The monoisotopic (exact) mass is 289 g/mol. The van der Waals surface area contributed by atoms with Crippen molar-refractivity contribution < 1.29 is 0 Å². The fraction of sp³-hybridized carbons (Fsp3) is 0.286. The molecule has 0 saturated carbocycles. The number of benzene rings is 1. The predicted molar refractivity (Wildman–Crippen MR) is 81.7 cm³/mol. The highest BCUT2D eigenvalue weighted by Gasteiger charge is 2.15. The van der Waals surface area contributed by atoms with Crippen LogP contribution in [0.5, 0.6) is 0 Å². The molecule has 98 valence electrons. The van der Waals surface area contributed by atoms with Gasteiger partial charge >= 0.3 is 0 Å². The molecule has 0 saturated heterocycles. The lowest BCUT2D eigenvalue weighted by molar-refractivity contribution is 0.741. The van der Waals surface area contributed by atoms with Gasteiger partial charge in [-0.2, -0.15) is 5.26 Å². The van der Waals surface area contributed by atoms with E-state index in [2.05, 4.69) is 23.3 Å². The highest BCUT2D eigenvalue weighted by Crippen LogP contribution is 2.30. The average molecular weight is 289 g/mol. The summed E-state index contributed by atoms with van der Waals surface area (Å²) in [6.07, 6.45) is 4.73. The van der Waals surface area contributed by atoms with Crippen molar-refractivity contribution in [3.05, 3.63) is 40.3 Å². The van der Waals surface area contributed by atoms with Gasteiger partial charge in [-0.25, -0.2) is 4.98 Å². The molecule has 2 rings (SSSR count). The van der Waals surface area contributed by atoms with Crippen LogP contribution in [-0.2, 0) is 0 Å². The van der Waals surface area contributed by atoms with Gasteiger partial charge in [-0.05, 0) is 24.8 Å². The Kier molecular flexibility index (Phi) is 4.83. The first-order valence-electron chi connectivity index (χ1n) is 6.03. The van der Waals surface area contributed by atoms with Crippen LogP contribution in [0.15, 0.2) is 34.7 Å². The van der Waals surface area contributed by atoms with Crippen molar-refractivity contribution in [2.45, 2.75) is 24.3 Å². The molecule has 0 spiro atoms. The molecule has 0 bridgehead atoms. The van der Waals surface area contributed by atoms with Crippen LogP contribution in [0.4, 0.5) is 5.69 Å². The van der Waals surface area contributed by atoms with E-state index >= 15 is 0 Å². The van der Waals surface area contributed by atoms with E-state index in [0.29, 0.717) is 5.56 Å². The molecule has 0 amide bonds. The molecule has 0 aliphatic rings. The lowest BCUT2D eigenvalue weighted by Crippen LogP contribution is -2.10. The number of rotatable bonds is 5. The number of nitrogens with one attached hydrogen (secondary N) is 1. The van der Waals surface area contributed by atoms with Crippen molar-refractivity contribution in [3.63, 3.8) is 0 Å². The van der Waals surface area contributed by atoms with Crippen LogP contribution in [0.3, 0.4) is 0 Å². The van der Waals surface area contributed by atoms with Crippen molar-refractivity contribution >= 4 is 28.8 Å². The molecular formula is C14H15N3S2.